The average molecular weight is 318 g/mol. The number of H-pyrrole nitrogens is 1. The molecule has 2 aromatic carbocycles. The second-order valence-electron chi connectivity index (χ2n) is 5.18. The van der Waals surface area contributed by atoms with Crippen molar-refractivity contribution < 1.29 is 18.0 Å². The molecule has 1 heterocycles. The summed E-state index contributed by atoms with van der Waals surface area (Å²) in [7, 11) is 0. The number of aromatic nitrogens is 1. The van der Waals surface area contributed by atoms with Crippen LogP contribution in [0.3, 0.4) is 0 Å². The van der Waals surface area contributed by atoms with Gasteiger partial charge in [0.1, 0.15) is 0 Å². The van der Waals surface area contributed by atoms with E-state index in [2.05, 4.69) is 10.3 Å². The van der Waals surface area contributed by atoms with Gasteiger partial charge in [-0.25, -0.2) is 13.2 Å². The first kappa shape index (κ1) is 15.1. The van der Waals surface area contributed by atoms with E-state index in [1.807, 2.05) is 31.2 Å². The van der Waals surface area contributed by atoms with Crippen molar-refractivity contribution in [3.05, 3.63) is 70.7 Å². The molecule has 0 spiro atoms. The molecule has 3 aromatic rings. The van der Waals surface area contributed by atoms with Crippen LogP contribution in [-0.2, 0) is 6.54 Å². The molecule has 0 atom stereocenters. The van der Waals surface area contributed by atoms with Gasteiger partial charge in [0.05, 0.1) is 5.56 Å². The maximum atomic E-state index is 13.6. The summed E-state index contributed by atoms with van der Waals surface area (Å²) >= 11 is 0. The van der Waals surface area contributed by atoms with E-state index < -0.39 is 28.9 Å². The molecule has 0 aliphatic carbocycles. The number of hydrogen-bond acceptors (Lipinski definition) is 1. The van der Waals surface area contributed by atoms with Crippen molar-refractivity contribution in [1.29, 1.82) is 0 Å². The highest BCUT2D eigenvalue weighted by Gasteiger charge is 2.19. The van der Waals surface area contributed by atoms with E-state index in [0.29, 0.717) is 0 Å². The van der Waals surface area contributed by atoms with Crippen LogP contribution in [-0.4, -0.2) is 10.9 Å². The Morgan fingerprint density at radius 1 is 1.09 bits per heavy atom. The van der Waals surface area contributed by atoms with E-state index in [0.717, 1.165) is 34.3 Å². The molecule has 23 heavy (non-hydrogen) atoms. The number of carbonyl (C=O) groups is 1. The van der Waals surface area contributed by atoms with Crippen LogP contribution in [0.25, 0.3) is 10.9 Å². The topological polar surface area (TPSA) is 44.9 Å². The second-order valence-corrected chi connectivity index (χ2v) is 5.18. The van der Waals surface area contributed by atoms with Gasteiger partial charge in [-0.3, -0.25) is 4.79 Å². The maximum absolute atomic E-state index is 13.6. The zero-order valence-corrected chi connectivity index (χ0v) is 12.2. The Bertz CT molecular complexity index is 902. The molecule has 1 aromatic heterocycles. The fourth-order valence-electron chi connectivity index (χ4n) is 2.53. The Kier molecular flexibility index (Phi) is 3.82. The first-order valence-electron chi connectivity index (χ1n) is 6.97. The van der Waals surface area contributed by atoms with Gasteiger partial charge in [-0.15, -0.1) is 0 Å². The predicted octanol–water partition coefficient (Wildman–Crippen LogP) is 3.82. The van der Waals surface area contributed by atoms with E-state index in [4.69, 9.17) is 0 Å². The summed E-state index contributed by atoms with van der Waals surface area (Å²) in [5.74, 6) is -5.27. The number of benzene rings is 2. The molecule has 0 fully saturated rings. The molecule has 118 valence electrons. The number of fused-ring (bicyclic) bond motifs is 1. The van der Waals surface area contributed by atoms with E-state index in [-0.39, 0.29) is 6.54 Å². The average Bonchev–Trinajstić information content (AvgIpc) is 2.86. The monoisotopic (exact) mass is 318 g/mol. The quantitative estimate of drug-likeness (QED) is 0.708. The van der Waals surface area contributed by atoms with Crippen molar-refractivity contribution in [2.45, 2.75) is 13.5 Å². The van der Waals surface area contributed by atoms with Gasteiger partial charge in [0.15, 0.2) is 17.5 Å². The zero-order chi connectivity index (χ0) is 16.6. The summed E-state index contributed by atoms with van der Waals surface area (Å²) in [5.41, 5.74) is 2.13. The highest BCUT2D eigenvalue weighted by molar-refractivity contribution is 5.95. The van der Waals surface area contributed by atoms with Gasteiger partial charge >= 0.3 is 0 Å². The minimum atomic E-state index is -1.65. The Morgan fingerprint density at radius 2 is 1.83 bits per heavy atom. The molecule has 0 aliphatic heterocycles. The third kappa shape index (κ3) is 2.67. The van der Waals surface area contributed by atoms with Crippen LogP contribution in [0.1, 0.15) is 21.6 Å². The summed E-state index contributed by atoms with van der Waals surface area (Å²) in [6.07, 6.45) is 0. The molecule has 6 heteroatoms. The molecule has 0 bridgehead atoms. The minimum absolute atomic E-state index is 0.146. The van der Waals surface area contributed by atoms with Gasteiger partial charge in [-0.2, -0.15) is 0 Å². The minimum Gasteiger partial charge on any atom is -0.358 e. The van der Waals surface area contributed by atoms with E-state index >= 15 is 0 Å². The summed E-state index contributed by atoms with van der Waals surface area (Å²) in [4.78, 5) is 15.2. The third-order valence-corrected chi connectivity index (χ3v) is 3.73. The van der Waals surface area contributed by atoms with Crippen molar-refractivity contribution >= 4 is 16.8 Å². The van der Waals surface area contributed by atoms with Gasteiger partial charge in [0, 0.05) is 23.1 Å². The number of amides is 1. The molecule has 0 saturated carbocycles. The molecular weight excluding hydrogens is 305 g/mol. The SMILES string of the molecule is Cc1[nH]c2ccccc2c1CNC(=O)c1ccc(F)c(F)c1F. The lowest BCUT2D eigenvalue weighted by Gasteiger charge is -2.07. The molecule has 0 unspecified atom stereocenters. The Labute approximate surface area is 130 Å². The van der Waals surface area contributed by atoms with Crippen molar-refractivity contribution in [1.82, 2.24) is 10.3 Å². The van der Waals surface area contributed by atoms with E-state index in [1.54, 1.807) is 0 Å². The van der Waals surface area contributed by atoms with Gasteiger partial charge in [0.25, 0.3) is 5.91 Å². The third-order valence-electron chi connectivity index (χ3n) is 3.73. The van der Waals surface area contributed by atoms with Gasteiger partial charge in [0.2, 0.25) is 0 Å². The Balaban J connectivity index is 1.84. The summed E-state index contributed by atoms with van der Waals surface area (Å²) in [5, 5.41) is 3.47. The number of rotatable bonds is 3. The fourth-order valence-corrected chi connectivity index (χ4v) is 2.53. The molecular formula is C17H13F3N2O. The molecule has 3 rings (SSSR count). The predicted molar refractivity (Wildman–Crippen MR) is 80.5 cm³/mol. The number of halogens is 3. The van der Waals surface area contributed by atoms with Gasteiger partial charge in [-0.05, 0) is 30.7 Å². The first-order chi connectivity index (χ1) is 11.0. The first-order valence-corrected chi connectivity index (χ1v) is 6.97. The number of nitrogens with one attached hydrogen (secondary N) is 2. The smallest absolute Gasteiger partial charge is 0.254 e. The summed E-state index contributed by atoms with van der Waals surface area (Å²) in [6, 6.07) is 9.21. The van der Waals surface area contributed by atoms with Crippen molar-refractivity contribution in [3.8, 4) is 0 Å². The zero-order valence-electron chi connectivity index (χ0n) is 12.2. The highest BCUT2D eigenvalue weighted by Crippen LogP contribution is 2.22. The number of hydrogen-bond donors (Lipinski definition) is 2. The van der Waals surface area contributed by atoms with Crippen LogP contribution in [0.2, 0.25) is 0 Å². The molecule has 0 aliphatic rings. The molecule has 3 nitrogen and oxygen atoms in total. The van der Waals surface area contributed by atoms with Crippen LogP contribution in [0.15, 0.2) is 36.4 Å². The van der Waals surface area contributed by atoms with E-state index in [9.17, 15) is 18.0 Å². The number of aryl methyl sites for hydroxylation is 1. The second kappa shape index (κ2) is 5.79. The lowest BCUT2D eigenvalue weighted by molar-refractivity contribution is 0.0945. The largest absolute Gasteiger partial charge is 0.358 e. The van der Waals surface area contributed by atoms with Crippen LogP contribution in [0, 0.1) is 24.4 Å². The van der Waals surface area contributed by atoms with Gasteiger partial charge < -0.3 is 10.3 Å². The molecule has 0 saturated heterocycles. The fraction of sp³-hybridized carbons (Fsp3) is 0.118. The van der Waals surface area contributed by atoms with Crippen LogP contribution in [0.4, 0.5) is 13.2 Å². The van der Waals surface area contributed by atoms with Crippen molar-refractivity contribution in [3.63, 3.8) is 0 Å². The van der Waals surface area contributed by atoms with Crippen LogP contribution in [0.5, 0.6) is 0 Å². The van der Waals surface area contributed by atoms with Crippen molar-refractivity contribution in [2.24, 2.45) is 0 Å². The van der Waals surface area contributed by atoms with Crippen LogP contribution >= 0.6 is 0 Å². The van der Waals surface area contributed by atoms with Gasteiger partial charge in [-0.1, -0.05) is 18.2 Å². The Morgan fingerprint density at radius 3 is 2.61 bits per heavy atom. The summed E-state index contributed by atoms with van der Waals surface area (Å²) in [6.45, 7) is 2.01. The Hall–Kier alpha value is -2.76. The lowest BCUT2D eigenvalue weighted by atomic mass is 10.1. The molecule has 0 radical (unpaired) electrons. The number of para-hydroxylation sites is 1. The van der Waals surface area contributed by atoms with E-state index in [1.165, 1.54) is 0 Å². The number of carbonyl (C=O) groups excluding carboxylic acids is 1. The normalized spacial score (nSPS) is 11.0. The van der Waals surface area contributed by atoms with Crippen molar-refractivity contribution in [2.75, 3.05) is 0 Å². The maximum Gasteiger partial charge on any atom is 0.254 e. The molecule has 2 N–H and O–H groups in total. The highest BCUT2D eigenvalue weighted by atomic mass is 19.2. The standard InChI is InChI=1S/C17H13F3N2O/c1-9-12(10-4-2-3-5-14(10)22-9)8-21-17(23)11-6-7-13(18)16(20)15(11)19/h2-7,22H,8H2,1H3,(H,21,23). The lowest BCUT2D eigenvalue weighted by Crippen LogP contribution is -2.24. The van der Waals surface area contributed by atoms with Crippen LogP contribution < -0.4 is 5.32 Å². The summed E-state index contributed by atoms with van der Waals surface area (Å²) < 4.78 is 39.7. The number of aromatic amines is 1. The molecule has 1 amide bonds.